The van der Waals surface area contributed by atoms with E-state index in [0.29, 0.717) is 0 Å². The monoisotopic (exact) mass is 337 g/mol. The van der Waals surface area contributed by atoms with Gasteiger partial charge in [0.1, 0.15) is 5.75 Å². The fraction of sp³-hybridized carbons (Fsp3) is 0.250. The van der Waals surface area contributed by atoms with Crippen LogP contribution in [0.1, 0.15) is 5.69 Å². The van der Waals surface area contributed by atoms with Crippen LogP contribution in [0.15, 0.2) is 47.1 Å². The molecule has 0 aliphatic rings. The van der Waals surface area contributed by atoms with Gasteiger partial charge in [0.25, 0.3) is 0 Å². The summed E-state index contributed by atoms with van der Waals surface area (Å²) in [6.45, 7) is 0.824. The van der Waals surface area contributed by atoms with Gasteiger partial charge in [-0.05, 0) is 24.3 Å². The van der Waals surface area contributed by atoms with Crippen LogP contribution in [0, 0.1) is 0 Å². The summed E-state index contributed by atoms with van der Waals surface area (Å²) >= 11 is 0. The van der Waals surface area contributed by atoms with Crippen molar-refractivity contribution in [2.45, 2.75) is 6.42 Å². The van der Waals surface area contributed by atoms with E-state index in [4.69, 9.17) is 9.26 Å². The van der Waals surface area contributed by atoms with E-state index in [2.05, 4.69) is 15.0 Å². The van der Waals surface area contributed by atoms with Gasteiger partial charge in [-0.2, -0.15) is 0 Å². The molecule has 23 heavy (non-hydrogen) atoms. The molecule has 0 amide bonds. The van der Waals surface area contributed by atoms with Crippen LogP contribution in [0.2, 0.25) is 0 Å². The summed E-state index contributed by atoms with van der Waals surface area (Å²) in [5.74, 6) is 1.60. The number of likely N-dealkylation sites (N-methyl/N-ethyl adjacent to an activating group) is 1. The maximum absolute atomic E-state index is 5.38. The van der Waals surface area contributed by atoms with Crippen molar-refractivity contribution in [1.29, 1.82) is 0 Å². The molecular formula is C16H20ClN3O3. The molecule has 6 nitrogen and oxygen atoms in total. The van der Waals surface area contributed by atoms with Crippen LogP contribution in [-0.2, 0) is 6.42 Å². The number of rotatable bonds is 5. The first-order chi connectivity index (χ1) is 10.3. The number of ether oxygens (including phenoxy) is 1. The highest BCUT2D eigenvalue weighted by atomic mass is 35.5. The summed E-state index contributed by atoms with van der Waals surface area (Å²) in [6, 6.07) is 11.7. The van der Waals surface area contributed by atoms with E-state index in [1.807, 2.05) is 49.6 Å². The molecular weight excluding hydrogens is 318 g/mol. The largest absolute Gasteiger partial charge is 0.497 e. The zero-order valence-electron chi connectivity index (χ0n) is 13.0. The number of hydrogen-bond donors (Lipinski definition) is 0. The van der Waals surface area contributed by atoms with E-state index in [-0.39, 0.29) is 17.9 Å². The van der Waals surface area contributed by atoms with Crippen LogP contribution >= 0.6 is 12.4 Å². The van der Waals surface area contributed by atoms with Crippen molar-refractivity contribution in [2.24, 2.45) is 0 Å². The van der Waals surface area contributed by atoms with Crippen molar-refractivity contribution in [1.82, 2.24) is 10.1 Å². The third-order valence-corrected chi connectivity index (χ3v) is 3.45. The van der Waals surface area contributed by atoms with Crippen LogP contribution in [0.4, 0.5) is 5.82 Å². The summed E-state index contributed by atoms with van der Waals surface area (Å²) < 4.78 is 10.6. The Labute approximate surface area is 140 Å². The minimum Gasteiger partial charge on any atom is -0.497 e. The van der Waals surface area contributed by atoms with Gasteiger partial charge in [-0.1, -0.05) is 11.2 Å². The molecule has 2 aromatic heterocycles. The van der Waals surface area contributed by atoms with Crippen LogP contribution < -0.4 is 9.64 Å². The predicted octanol–water partition coefficient (Wildman–Crippen LogP) is 2.51. The second-order valence-corrected chi connectivity index (χ2v) is 4.86. The molecule has 124 valence electrons. The number of fused-ring (bicyclic) bond motifs is 1. The van der Waals surface area contributed by atoms with E-state index in [9.17, 15) is 0 Å². The molecule has 3 aromatic rings. The van der Waals surface area contributed by atoms with E-state index >= 15 is 0 Å². The molecule has 0 bridgehead atoms. The third kappa shape index (κ3) is 4.12. The first kappa shape index (κ1) is 18.7. The fourth-order valence-corrected chi connectivity index (χ4v) is 2.24. The van der Waals surface area contributed by atoms with E-state index in [1.54, 1.807) is 7.11 Å². The quantitative estimate of drug-likeness (QED) is 0.714. The molecule has 1 aromatic carbocycles. The molecule has 0 atom stereocenters. The van der Waals surface area contributed by atoms with E-state index in [0.717, 1.165) is 41.2 Å². The average molecular weight is 338 g/mol. The maximum Gasteiger partial charge on any atom is 0.179 e. The highest BCUT2D eigenvalue weighted by molar-refractivity contribution is 5.89. The van der Waals surface area contributed by atoms with Gasteiger partial charge in [-0.15, -0.1) is 12.4 Å². The molecule has 0 aliphatic carbocycles. The smallest absolute Gasteiger partial charge is 0.179 e. The molecule has 0 saturated heterocycles. The first-order valence-corrected chi connectivity index (χ1v) is 6.82. The second-order valence-electron chi connectivity index (χ2n) is 4.86. The summed E-state index contributed by atoms with van der Waals surface area (Å²) in [7, 11) is 3.64. The number of nitrogens with zero attached hydrogens (tertiary/aromatic N) is 3. The minimum atomic E-state index is 0. The van der Waals surface area contributed by atoms with Gasteiger partial charge in [-0.3, -0.25) is 4.98 Å². The molecule has 0 radical (unpaired) electrons. The Morgan fingerprint density at radius 1 is 1.22 bits per heavy atom. The van der Waals surface area contributed by atoms with Gasteiger partial charge in [0.15, 0.2) is 11.4 Å². The summed E-state index contributed by atoms with van der Waals surface area (Å²) in [5, 5.41) is 5.14. The lowest BCUT2D eigenvalue weighted by atomic mass is 10.2. The molecule has 7 heteroatoms. The molecule has 0 spiro atoms. The van der Waals surface area contributed by atoms with Crippen molar-refractivity contribution in [2.75, 3.05) is 25.6 Å². The van der Waals surface area contributed by atoms with Crippen molar-refractivity contribution in [3.63, 3.8) is 0 Å². The molecule has 3 rings (SSSR count). The summed E-state index contributed by atoms with van der Waals surface area (Å²) in [6.07, 6.45) is 2.68. The van der Waals surface area contributed by atoms with Crippen LogP contribution in [0.5, 0.6) is 5.75 Å². The van der Waals surface area contributed by atoms with Gasteiger partial charge in [0.2, 0.25) is 0 Å². The highest BCUT2D eigenvalue weighted by Crippen LogP contribution is 2.28. The Hall–Kier alpha value is -2.31. The molecule has 0 unspecified atom stereocenters. The van der Waals surface area contributed by atoms with Crippen molar-refractivity contribution < 1.29 is 14.7 Å². The predicted molar refractivity (Wildman–Crippen MR) is 92.6 cm³/mol. The Balaban J connectivity index is 0.00000132. The van der Waals surface area contributed by atoms with Crippen molar-refractivity contribution >= 4 is 29.2 Å². The number of benzene rings is 1. The van der Waals surface area contributed by atoms with Gasteiger partial charge in [-0.25, -0.2) is 0 Å². The van der Waals surface area contributed by atoms with Gasteiger partial charge in [0, 0.05) is 38.0 Å². The lowest BCUT2D eigenvalue weighted by Gasteiger charge is -2.15. The Morgan fingerprint density at radius 2 is 2.04 bits per heavy atom. The number of halogens is 1. The summed E-state index contributed by atoms with van der Waals surface area (Å²) in [4.78, 5) is 6.41. The summed E-state index contributed by atoms with van der Waals surface area (Å²) in [5.41, 5.74) is 1.80. The number of hydrogen-bond acceptors (Lipinski definition) is 5. The maximum atomic E-state index is 5.38. The SMILES string of the molecule is COc1ccc2c(N(C)CCc3ccccn3)noc2c1.Cl.O. The van der Waals surface area contributed by atoms with Gasteiger partial charge in [0.05, 0.1) is 12.5 Å². The van der Waals surface area contributed by atoms with Crippen molar-refractivity contribution in [3.8, 4) is 5.75 Å². The Bertz CT molecular complexity index is 734. The number of pyridine rings is 1. The van der Waals surface area contributed by atoms with E-state index < -0.39 is 0 Å². The van der Waals surface area contributed by atoms with Gasteiger partial charge < -0.3 is 19.6 Å². The zero-order chi connectivity index (χ0) is 14.7. The Kier molecular flexibility index (Phi) is 6.81. The first-order valence-electron chi connectivity index (χ1n) is 6.82. The zero-order valence-corrected chi connectivity index (χ0v) is 13.8. The number of aromatic nitrogens is 2. The molecule has 0 aliphatic heterocycles. The molecule has 0 saturated carbocycles. The van der Waals surface area contributed by atoms with Crippen LogP contribution in [0.3, 0.4) is 0 Å². The highest BCUT2D eigenvalue weighted by Gasteiger charge is 2.13. The van der Waals surface area contributed by atoms with E-state index in [1.165, 1.54) is 0 Å². The molecule has 2 heterocycles. The normalized spacial score (nSPS) is 9.83. The topological polar surface area (TPSA) is 82.9 Å². The van der Waals surface area contributed by atoms with Gasteiger partial charge >= 0.3 is 0 Å². The molecule has 0 fully saturated rings. The second kappa shape index (κ2) is 8.36. The third-order valence-electron chi connectivity index (χ3n) is 3.45. The lowest BCUT2D eigenvalue weighted by Crippen LogP contribution is -2.21. The Morgan fingerprint density at radius 3 is 2.74 bits per heavy atom. The minimum absolute atomic E-state index is 0. The van der Waals surface area contributed by atoms with Crippen LogP contribution in [-0.4, -0.2) is 36.3 Å². The lowest BCUT2D eigenvalue weighted by molar-refractivity contribution is 0.412. The van der Waals surface area contributed by atoms with Crippen molar-refractivity contribution in [3.05, 3.63) is 48.3 Å². The number of anilines is 1. The average Bonchev–Trinajstić information content (AvgIpc) is 2.96. The number of methoxy groups -OCH3 is 1. The van der Waals surface area contributed by atoms with Crippen LogP contribution in [0.25, 0.3) is 11.0 Å². The standard InChI is InChI=1S/C16H17N3O2.ClH.H2O/c1-19(10-8-12-5-3-4-9-17-12)16-14-7-6-13(20-2)11-15(14)21-18-16;;/h3-7,9,11H,8,10H2,1-2H3;1H;1H2. The fourth-order valence-electron chi connectivity index (χ4n) is 2.24. The molecule has 2 N–H and O–H groups in total.